The van der Waals surface area contributed by atoms with Gasteiger partial charge >= 0.3 is 0 Å². The molecule has 0 aromatic carbocycles. The third-order valence-electron chi connectivity index (χ3n) is 1.96. The maximum absolute atomic E-state index is 4.06. The van der Waals surface area contributed by atoms with Crippen LogP contribution in [0.3, 0.4) is 0 Å². The van der Waals surface area contributed by atoms with E-state index in [1.54, 1.807) is 0 Å². The Morgan fingerprint density at radius 3 is 2.75 bits per heavy atom. The van der Waals surface area contributed by atoms with E-state index in [4.69, 9.17) is 0 Å². The summed E-state index contributed by atoms with van der Waals surface area (Å²) in [5.74, 6) is 3.17. The highest BCUT2D eigenvalue weighted by atomic mass is 32.2. The molecule has 0 saturated heterocycles. The minimum atomic E-state index is 0.608. The van der Waals surface area contributed by atoms with Crippen molar-refractivity contribution in [1.82, 2.24) is 9.55 Å². The number of thioether (sulfide) groups is 2. The van der Waals surface area contributed by atoms with Crippen molar-refractivity contribution < 1.29 is 0 Å². The van der Waals surface area contributed by atoms with Crippen LogP contribution in [0.25, 0.3) is 0 Å². The average molecular weight is 254 g/mol. The fourth-order valence-corrected chi connectivity index (χ4v) is 3.30. The van der Waals surface area contributed by atoms with Gasteiger partial charge in [-0.25, -0.2) is 4.98 Å². The lowest BCUT2D eigenvalue weighted by atomic mass is 10.4. The lowest BCUT2D eigenvalue weighted by Crippen LogP contribution is -2.15. The molecule has 0 aliphatic heterocycles. The largest absolute Gasteiger partial charge is 0.336 e. The Morgan fingerprint density at radius 1 is 1.31 bits per heavy atom. The lowest BCUT2D eigenvalue weighted by Gasteiger charge is -2.15. The van der Waals surface area contributed by atoms with Crippen LogP contribution in [0.15, 0.2) is 44.0 Å². The van der Waals surface area contributed by atoms with Gasteiger partial charge in [0.1, 0.15) is 0 Å². The molecule has 0 bridgehead atoms. The summed E-state index contributed by atoms with van der Waals surface area (Å²) >= 11 is 3.88. The highest BCUT2D eigenvalue weighted by molar-refractivity contribution is 8.03. The van der Waals surface area contributed by atoms with Crippen LogP contribution in [0.2, 0.25) is 0 Å². The summed E-state index contributed by atoms with van der Waals surface area (Å²) in [5, 5.41) is 0.608. The van der Waals surface area contributed by atoms with Crippen molar-refractivity contribution in [1.29, 1.82) is 0 Å². The molecule has 0 aliphatic carbocycles. The van der Waals surface area contributed by atoms with Gasteiger partial charge < -0.3 is 4.57 Å². The van der Waals surface area contributed by atoms with Crippen LogP contribution >= 0.6 is 23.5 Å². The summed E-state index contributed by atoms with van der Waals surface area (Å²) < 4.78 is 2.13. The molecule has 1 aromatic heterocycles. The molecule has 88 valence electrons. The molecule has 0 fully saturated rings. The number of hydrogen-bond acceptors (Lipinski definition) is 3. The van der Waals surface area contributed by atoms with E-state index in [0.717, 1.165) is 23.8 Å². The maximum Gasteiger partial charge on any atom is 0.0946 e. The molecule has 1 heterocycles. The van der Waals surface area contributed by atoms with Crippen LogP contribution in [0.5, 0.6) is 0 Å². The van der Waals surface area contributed by atoms with Gasteiger partial charge in [0.2, 0.25) is 0 Å². The van der Waals surface area contributed by atoms with E-state index in [9.17, 15) is 0 Å². The normalized spacial score (nSPS) is 12.2. The summed E-state index contributed by atoms with van der Waals surface area (Å²) in [6.45, 7) is 8.52. The Morgan fingerprint density at radius 2 is 2.12 bits per heavy atom. The standard InChI is InChI=1S/C12H18N2S2/c1-3-7-15-10-12(16-8-4-2)9-14-6-5-13-11-14/h3-6,11-12H,1-2,7-10H2. The molecule has 0 spiro atoms. The second-order valence-electron chi connectivity index (χ2n) is 3.33. The van der Waals surface area contributed by atoms with Crippen molar-refractivity contribution in [3.63, 3.8) is 0 Å². The monoisotopic (exact) mass is 254 g/mol. The number of nitrogens with zero attached hydrogens (tertiary/aromatic N) is 2. The minimum absolute atomic E-state index is 0.608. The Bertz CT molecular complexity index is 296. The molecule has 0 amide bonds. The van der Waals surface area contributed by atoms with Gasteiger partial charge in [0, 0.05) is 41.4 Å². The molecule has 1 rings (SSSR count). The number of hydrogen-bond donors (Lipinski definition) is 0. The lowest BCUT2D eigenvalue weighted by molar-refractivity contribution is 0.696. The SMILES string of the molecule is C=CCSCC(Cn1ccnc1)SCC=C. The first-order valence-electron chi connectivity index (χ1n) is 5.23. The Kier molecular flexibility index (Phi) is 7.17. The van der Waals surface area contributed by atoms with Crippen molar-refractivity contribution >= 4 is 23.5 Å². The summed E-state index contributed by atoms with van der Waals surface area (Å²) in [6.07, 6.45) is 9.63. The van der Waals surface area contributed by atoms with E-state index in [0.29, 0.717) is 5.25 Å². The summed E-state index contributed by atoms with van der Waals surface area (Å²) in [5.41, 5.74) is 0. The molecular weight excluding hydrogens is 236 g/mol. The van der Waals surface area contributed by atoms with Gasteiger partial charge in [-0.1, -0.05) is 12.2 Å². The molecule has 4 heteroatoms. The average Bonchev–Trinajstić information content (AvgIpc) is 2.78. The Labute approximate surface area is 106 Å². The number of aromatic nitrogens is 2. The second kappa shape index (κ2) is 8.53. The van der Waals surface area contributed by atoms with Gasteiger partial charge in [-0.2, -0.15) is 23.5 Å². The van der Waals surface area contributed by atoms with Gasteiger partial charge in [-0.3, -0.25) is 0 Å². The molecule has 16 heavy (non-hydrogen) atoms. The zero-order chi connectivity index (χ0) is 11.6. The van der Waals surface area contributed by atoms with Crippen molar-refractivity contribution in [2.24, 2.45) is 0 Å². The van der Waals surface area contributed by atoms with Gasteiger partial charge in [0.05, 0.1) is 6.33 Å². The van der Waals surface area contributed by atoms with Crippen LogP contribution in [-0.2, 0) is 6.54 Å². The second-order valence-corrected chi connectivity index (χ2v) is 5.74. The quantitative estimate of drug-likeness (QED) is 0.498. The van der Waals surface area contributed by atoms with E-state index >= 15 is 0 Å². The number of imidazole rings is 1. The fraction of sp³-hybridized carbons (Fsp3) is 0.417. The van der Waals surface area contributed by atoms with Crippen molar-refractivity contribution in [3.05, 3.63) is 44.0 Å². The highest BCUT2D eigenvalue weighted by Gasteiger charge is 2.08. The van der Waals surface area contributed by atoms with E-state index in [1.807, 2.05) is 54.4 Å². The van der Waals surface area contributed by atoms with Gasteiger partial charge in [-0.15, -0.1) is 13.2 Å². The first kappa shape index (κ1) is 13.5. The molecule has 2 nitrogen and oxygen atoms in total. The van der Waals surface area contributed by atoms with E-state index in [1.165, 1.54) is 0 Å². The molecule has 0 saturated carbocycles. The first-order chi connectivity index (χ1) is 7.86. The molecule has 0 N–H and O–H groups in total. The minimum Gasteiger partial charge on any atom is -0.336 e. The zero-order valence-electron chi connectivity index (χ0n) is 9.42. The predicted molar refractivity (Wildman–Crippen MR) is 76.2 cm³/mol. The highest BCUT2D eigenvalue weighted by Crippen LogP contribution is 2.18. The van der Waals surface area contributed by atoms with E-state index in [-0.39, 0.29) is 0 Å². The smallest absolute Gasteiger partial charge is 0.0946 e. The topological polar surface area (TPSA) is 17.8 Å². The molecule has 1 unspecified atom stereocenters. The molecular formula is C12H18N2S2. The summed E-state index contributed by atoms with van der Waals surface area (Å²) in [7, 11) is 0. The number of rotatable bonds is 9. The van der Waals surface area contributed by atoms with Gasteiger partial charge in [0.15, 0.2) is 0 Å². The van der Waals surface area contributed by atoms with Gasteiger partial charge in [0.25, 0.3) is 0 Å². The van der Waals surface area contributed by atoms with Crippen LogP contribution in [0.4, 0.5) is 0 Å². The molecule has 1 atom stereocenters. The van der Waals surface area contributed by atoms with Crippen molar-refractivity contribution in [2.75, 3.05) is 17.3 Å². The summed E-state index contributed by atoms with van der Waals surface area (Å²) in [6, 6.07) is 0. The van der Waals surface area contributed by atoms with Crippen LogP contribution < -0.4 is 0 Å². The molecule has 1 aromatic rings. The Hall–Kier alpha value is -0.610. The van der Waals surface area contributed by atoms with E-state index < -0.39 is 0 Å². The van der Waals surface area contributed by atoms with Crippen LogP contribution in [0, 0.1) is 0 Å². The van der Waals surface area contributed by atoms with Gasteiger partial charge in [-0.05, 0) is 0 Å². The third-order valence-corrected chi connectivity index (χ3v) is 4.50. The van der Waals surface area contributed by atoms with E-state index in [2.05, 4.69) is 22.7 Å². The Balaban J connectivity index is 2.36. The first-order valence-corrected chi connectivity index (χ1v) is 7.44. The van der Waals surface area contributed by atoms with Crippen LogP contribution in [-0.4, -0.2) is 32.1 Å². The zero-order valence-corrected chi connectivity index (χ0v) is 11.1. The summed E-state index contributed by atoms with van der Waals surface area (Å²) in [4.78, 5) is 4.06. The van der Waals surface area contributed by atoms with Crippen LogP contribution in [0.1, 0.15) is 0 Å². The fourth-order valence-electron chi connectivity index (χ4n) is 1.27. The third kappa shape index (κ3) is 5.47. The van der Waals surface area contributed by atoms with Crippen molar-refractivity contribution in [2.45, 2.75) is 11.8 Å². The maximum atomic E-state index is 4.06. The molecule has 0 radical (unpaired) electrons. The molecule has 0 aliphatic rings. The predicted octanol–water partition coefficient (Wildman–Crippen LogP) is 3.09. The van der Waals surface area contributed by atoms with Crippen molar-refractivity contribution in [3.8, 4) is 0 Å².